The molecule has 0 heterocycles. The van der Waals surface area contributed by atoms with Crippen LogP contribution in [0.4, 0.5) is 5.69 Å². The van der Waals surface area contributed by atoms with Crippen LogP contribution in [0.25, 0.3) is 0 Å². The summed E-state index contributed by atoms with van der Waals surface area (Å²) in [4.78, 5) is 24.4. The highest BCUT2D eigenvalue weighted by atomic mass is 16.5. The van der Waals surface area contributed by atoms with Gasteiger partial charge in [-0.1, -0.05) is 31.4 Å². The van der Waals surface area contributed by atoms with Gasteiger partial charge in [0.15, 0.2) is 0 Å². The lowest BCUT2D eigenvalue weighted by Crippen LogP contribution is -2.44. The molecule has 0 aromatic heterocycles. The van der Waals surface area contributed by atoms with Crippen LogP contribution in [-0.2, 0) is 9.53 Å². The fourth-order valence-corrected chi connectivity index (χ4v) is 2.89. The third-order valence-electron chi connectivity index (χ3n) is 4.26. The number of anilines is 1. The van der Waals surface area contributed by atoms with Crippen molar-refractivity contribution in [2.24, 2.45) is 11.1 Å². The Morgan fingerprint density at radius 3 is 2.52 bits per heavy atom. The molecule has 1 fully saturated rings. The number of nitrogens with one attached hydrogen (secondary N) is 1. The zero-order chi connectivity index (χ0) is 15.3. The Kier molecular flexibility index (Phi) is 4.96. The predicted octanol–water partition coefficient (Wildman–Crippen LogP) is 2.32. The average molecular weight is 290 g/mol. The molecule has 1 saturated carbocycles. The highest BCUT2D eigenvalue weighted by Crippen LogP contribution is 2.36. The second-order valence-corrected chi connectivity index (χ2v) is 5.54. The number of carbonyl (C=O) groups is 2. The van der Waals surface area contributed by atoms with Gasteiger partial charge in [0.2, 0.25) is 5.91 Å². The van der Waals surface area contributed by atoms with Gasteiger partial charge >= 0.3 is 5.97 Å². The van der Waals surface area contributed by atoms with Gasteiger partial charge in [0.05, 0.1) is 23.8 Å². The predicted molar refractivity (Wildman–Crippen MR) is 81.0 cm³/mol. The van der Waals surface area contributed by atoms with Crippen molar-refractivity contribution in [1.82, 2.24) is 0 Å². The summed E-state index contributed by atoms with van der Waals surface area (Å²) < 4.78 is 4.74. The second-order valence-electron chi connectivity index (χ2n) is 5.54. The Hall–Kier alpha value is -1.88. The van der Waals surface area contributed by atoms with Crippen molar-refractivity contribution < 1.29 is 14.3 Å². The maximum atomic E-state index is 12.6. The van der Waals surface area contributed by atoms with E-state index in [9.17, 15) is 9.59 Å². The average Bonchev–Trinajstić information content (AvgIpc) is 2.55. The first-order valence-corrected chi connectivity index (χ1v) is 7.32. The highest BCUT2D eigenvalue weighted by Gasteiger charge is 2.38. The van der Waals surface area contributed by atoms with Crippen molar-refractivity contribution in [3.8, 4) is 0 Å². The van der Waals surface area contributed by atoms with Crippen molar-refractivity contribution in [2.75, 3.05) is 19.0 Å². The maximum Gasteiger partial charge on any atom is 0.339 e. The van der Waals surface area contributed by atoms with Crippen molar-refractivity contribution in [3.63, 3.8) is 0 Å². The van der Waals surface area contributed by atoms with Crippen LogP contribution in [0.3, 0.4) is 0 Å². The van der Waals surface area contributed by atoms with Crippen LogP contribution < -0.4 is 11.1 Å². The summed E-state index contributed by atoms with van der Waals surface area (Å²) in [5, 5.41) is 2.87. The largest absolute Gasteiger partial charge is 0.465 e. The lowest BCUT2D eigenvalue weighted by molar-refractivity contribution is -0.126. The molecule has 0 bridgehead atoms. The number of hydrogen-bond donors (Lipinski definition) is 2. The van der Waals surface area contributed by atoms with Gasteiger partial charge in [0, 0.05) is 6.54 Å². The summed E-state index contributed by atoms with van der Waals surface area (Å²) in [6.07, 6.45) is 4.78. The third-order valence-corrected chi connectivity index (χ3v) is 4.26. The Bertz CT molecular complexity index is 522. The zero-order valence-corrected chi connectivity index (χ0v) is 12.4. The monoisotopic (exact) mass is 290 g/mol. The Morgan fingerprint density at radius 1 is 1.24 bits per heavy atom. The standard InChI is InChI=1S/C16H22N2O3/c1-21-14(19)12-7-3-4-8-13(12)18-15(20)16(11-17)9-5-2-6-10-16/h3-4,7-8H,2,5-6,9-11,17H2,1H3,(H,18,20). The molecule has 0 radical (unpaired) electrons. The molecule has 0 unspecified atom stereocenters. The van der Waals surface area contributed by atoms with Crippen molar-refractivity contribution in [2.45, 2.75) is 32.1 Å². The van der Waals surface area contributed by atoms with Crippen LogP contribution in [0, 0.1) is 5.41 Å². The van der Waals surface area contributed by atoms with Crippen LogP contribution in [0.2, 0.25) is 0 Å². The van der Waals surface area contributed by atoms with E-state index >= 15 is 0 Å². The van der Waals surface area contributed by atoms with E-state index in [0.717, 1.165) is 32.1 Å². The lowest BCUT2D eigenvalue weighted by atomic mass is 9.73. The number of ether oxygens (including phenoxy) is 1. The number of methoxy groups -OCH3 is 1. The van der Waals surface area contributed by atoms with E-state index in [1.165, 1.54) is 7.11 Å². The molecule has 2 rings (SSSR count). The number of esters is 1. The number of carbonyl (C=O) groups excluding carboxylic acids is 2. The fraction of sp³-hybridized carbons (Fsp3) is 0.500. The maximum absolute atomic E-state index is 12.6. The smallest absolute Gasteiger partial charge is 0.339 e. The van der Waals surface area contributed by atoms with Gasteiger partial charge in [0.25, 0.3) is 0 Å². The van der Waals surface area contributed by atoms with E-state index in [4.69, 9.17) is 10.5 Å². The van der Waals surface area contributed by atoms with E-state index in [2.05, 4.69) is 5.32 Å². The molecule has 0 atom stereocenters. The molecule has 0 aliphatic heterocycles. The van der Waals surface area contributed by atoms with E-state index < -0.39 is 11.4 Å². The quantitative estimate of drug-likeness (QED) is 0.834. The van der Waals surface area contributed by atoms with E-state index in [1.54, 1.807) is 24.3 Å². The summed E-state index contributed by atoms with van der Waals surface area (Å²) >= 11 is 0. The number of benzene rings is 1. The van der Waals surface area contributed by atoms with Crippen LogP contribution in [-0.4, -0.2) is 25.5 Å². The Balaban J connectivity index is 2.21. The molecular formula is C16H22N2O3. The molecule has 5 nitrogen and oxygen atoms in total. The molecule has 114 valence electrons. The van der Waals surface area contributed by atoms with E-state index in [-0.39, 0.29) is 5.91 Å². The third kappa shape index (κ3) is 3.24. The van der Waals surface area contributed by atoms with Crippen molar-refractivity contribution in [1.29, 1.82) is 0 Å². The highest BCUT2D eigenvalue weighted by molar-refractivity contribution is 6.03. The number of rotatable bonds is 4. The molecule has 1 aromatic rings. The van der Waals surface area contributed by atoms with Gasteiger partial charge in [-0.3, -0.25) is 4.79 Å². The van der Waals surface area contributed by atoms with Crippen molar-refractivity contribution >= 4 is 17.6 Å². The topological polar surface area (TPSA) is 81.4 Å². The minimum Gasteiger partial charge on any atom is -0.465 e. The zero-order valence-electron chi connectivity index (χ0n) is 12.4. The Morgan fingerprint density at radius 2 is 1.90 bits per heavy atom. The molecule has 5 heteroatoms. The number of hydrogen-bond acceptors (Lipinski definition) is 4. The Labute approximate surface area is 124 Å². The molecule has 0 spiro atoms. The SMILES string of the molecule is COC(=O)c1ccccc1NC(=O)C1(CN)CCCCC1. The molecule has 3 N–H and O–H groups in total. The van der Waals surface area contributed by atoms with E-state index in [0.29, 0.717) is 17.8 Å². The number of amides is 1. The molecule has 1 aliphatic rings. The van der Waals surface area contributed by atoms with Crippen LogP contribution >= 0.6 is 0 Å². The molecule has 1 aromatic carbocycles. The molecule has 1 amide bonds. The summed E-state index contributed by atoms with van der Waals surface area (Å²) in [7, 11) is 1.32. The van der Waals surface area contributed by atoms with Crippen LogP contribution in [0.1, 0.15) is 42.5 Å². The lowest BCUT2D eigenvalue weighted by Gasteiger charge is -2.34. The molecule has 0 saturated heterocycles. The first-order chi connectivity index (χ1) is 10.1. The summed E-state index contributed by atoms with van der Waals surface area (Å²) in [6, 6.07) is 6.86. The summed E-state index contributed by atoms with van der Waals surface area (Å²) in [5.74, 6) is -0.558. The first kappa shape index (κ1) is 15.5. The van der Waals surface area contributed by atoms with Gasteiger partial charge < -0.3 is 15.8 Å². The molecule has 21 heavy (non-hydrogen) atoms. The summed E-state index contributed by atoms with van der Waals surface area (Å²) in [6.45, 7) is 0.333. The van der Waals surface area contributed by atoms with Gasteiger partial charge in [-0.25, -0.2) is 4.79 Å². The van der Waals surface area contributed by atoms with Gasteiger partial charge in [-0.2, -0.15) is 0 Å². The second kappa shape index (κ2) is 6.72. The van der Waals surface area contributed by atoms with Gasteiger partial charge in [-0.15, -0.1) is 0 Å². The summed E-state index contributed by atoms with van der Waals surface area (Å²) in [5.41, 5.74) is 6.19. The van der Waals surface area contributed by atoms with Crippen LogP contribution in [0.15, 0.2) is 24.3 Å². The molecule has 1 aliphatic carbocycles. The van der Waals surface area contributed by atoms with Crippen molar-refractivity contribution in [3.05, 3.63) is 29.8 Å². The number of para-hydroxylation sites is 1. The van der Waals surface area contributed by atoms with Crippen LogP contribution in [0.5, 0.6) is 0 Å². The normalized spacial score (nSPS) is 17.0. The minimum absolute atomic E-state index is 0.0962. The first-order valence-electron chi connectivity index (χ1n) is 7.32. The van der Waals surface area contributed by atoms with E-state index in [1.807, 2.05) is 0 Å². The molecular weight excluding hydrogens is 268 g/mol. The number of nitrogens with two attached hydrogens (primary N) is 1. The van der Waals surface area contributed by atoms with Gasteiger partial charge in [0.1, 0.15) is 0 Å². The fourth-order valence-electron chi connectivity index (χ4n) is 2.89. The van der Waals surface area contributed by atoms with Gasteiger partial charge in [-0.05, 0) is 25.0 Å². The minimum atomic E-state index is -0.512.